The fraction of sp³-hybridized carbons (Fsp3) is 0.214. The number of fused-ring (bicyclic) bond motifs is 3. The number of benzene rings is 1. The Morgan fingerprint density at radius 3 is 2.74 bits per heavy atom. The van der Waals surface area contributed by atoms with Crippen molar-refractivity contribution in [2.75, 3.05) is 19.0 Å². The van der Waals surface area contributed by atoms with Crippen molar-refractivity contribution >= 4 is 17.3 Å². The van der Waals surface area contributed by atoms with E-state index in [1.54, 1.807) is 4.90 Å². The highest BCUT2D eigenvalue weighted by Gasteiger charge is 2.26. The molecule has 0 saturated heterocycles. The summed E-state index contributed by atoms with van der Waals surface area (Å²) in [4.78, 5) is 13.7. The highest BCUT2D eigenvalue weighted by Crippen LogP contribution is 2.41. The maximum Gasteiger partial charge on any atom is 0.357 e. The van der Waals surface area contributed by atoms with Crippen LogP contribution in [0.3, 0.4) is 0 Å². The predicted molar refractivity (Wildman–Crippen MR) is 74.1 cm³/mol. The first kappa shape index (κ1) is 12.1. The van der Waals surface area contributed by atoms with Crippen LogP contribution >= 0.6 is 11.6 Å². The molecular weight excluding hydrogens is 266 g/mol. The maximum absolute atomic E-state index is 11.9. The molecule has 1 aliphatic rings. The SMILES string of the molecule is CN(C)c1c2c(oc(=O)c1Cl)-c1ccccc1OC2. The first-order valence-electron chi connectivity index (χ1n) is 5.84. The highest BCUT2D eigenvalue weighted by molar-refractivity contribution is 6.33. The van der Waals surface area contributed by atoms with Gasteiger partial charge in [-0.25, -0.2) is 4.79 Å². The van der Waals surface area contributed by atoms with Crippen molar-refractivity contribution in [2.24, 2.45) is 0 Å². The van der Waals surface area contributed by atoms with Gasteiger partial charge in [0.05, 0.1) is 16.8 Å². The molecule has 1 aliphatic heterocycles. The van der Waals surface area contributed by atoms with E-state index in [4.69, 9.17) is 20.8 Å². The number of hydrogen-bond acceptors (Lipinski definition) is 4. The van der Waals surface area contributed by atoms with Crippen LogP contribution < -0.4 is 15.3 Å². The summed E-state index contributed by atoms with van der Waals surface area (Å²) in [5.74, 6) is 1.25. The van der Waals surface area contributed by atoms with E-state index in [-0.39, 0.29) is 5.02 Å². The lowest BCUT2D eigenvalue weighted by Gasteiger charge is -2.24. The fourth-order valence-corrected chi connectivity index (χ4v) is 2.61. The maximum atomic E-state index is 11.9. The Kier molecular flexibility index (Phi) is 2.75. The topological polar surface area (TPSA) is 42.7 Å². The molecule has 0 atom stereocenters. The third kappa shape index (κ3) is 1.79. The molecule has 0 aliphatic carbocycles. The van der Waals surface area contributed by atoms with Gasteiger partial charge in [0.15, 0.2) is 5.76 Å². The molecule has 1 aromatic carbocycles. The van der Waals surface area contributed by atoms with Crippen molar-refractivity contribution in [2.45, 2.75) is 6.61 Å². The van der Waals surface area contributed by atoms with Gasteiger partial charge in [0, 0.05) is 14.1 Å². The van der Waals surface area contributed by atoms with E-state index in [1.807, 2.05) is 38.4 Å². The van der Waals surface area contributed by atoms with E-state index in [2.05, 4.69) is 0 Å². The van der Waals surface area contributed by atoms with Gasteiger partial charge in [-0.15, -0.1) is 0 Å². The fourth-order valence-electron chi connectivity index (χ4n) is 2.28. The zero-order chi connectivity index (χ0) is 13.6. The Morgan fingerprint density at radius 1 is 1.26 bits per heavy atom. The van der Waals surface area contributed by atoms with Crippen LogP contribution in [0.4, 0.5) is 5.69 Å². The summed E-state index contributed by atoms with van der Waals surface area (Å²) >= 11 is 6.05. The number of rotatable bonds is 1. The van der Waals surface area contributed by atoms with Gasteiger partial charge < -0.3 is 14.1 Å². The van der Waals surface area contributed by atoms with E-state index < -0.39 is 5.63 Å². The number of nitrogens with zero attached hydrogens (tertiary/aromatic N) is 1. The van der Waals surface area contributed by atoms with Crippen molar-refractivity contribution in [1.29, 1.82) is 0 Å². The van der Waals surface area contributed by atoms with Gasteiger partial charge in [0.2, 0.25) is 0 Å². The lowest BCUT2D eigenvalue weighted by Crippen LogP contribution is -2.20. The zero-order valence-electron chi connectivity index (χ0n) is 10.6. The average molecular weight is 278 g/mol. The standard InChI is InChI=1S/C14H12ClNO3/c1-16(2)12-9-7-18-10-6-4-3-5-8(10)13(9)19-14(17)11(12)15/h3-6H,7H2,1-2H3. The molecule has 19 heavy (non-hydrogen) atoms. The third-order valence-electron chi connectivity index (χ3n) is 3.09. The van der Waals surface area contributed by atoms with Crippen molar-refractivity contribution in [1.82, 2.24) is 0 Å². The Morgan fingerprint density at radius 2 is 2.00 bits per heavy atom. The van der Waals surface area contributed by atoms with Crippen LogP contribution in [-0.4, -0.2) is 14.1 Å². The average Bonchev–Trinajstić information content (AvgIpc) is 2.40. The monoisotopic (exact) mass is 277 g/mol. The molecule has 0 bridgehead atoms. The van der Waals surface area contributed by atoms with Gasteiger partial charge in [0.25, 0.3) is 0 Å². The van der Waals surface area contributed by atoms with Gasteiger partial charge in [-0.3, -0.25) is 0 Å². The number of halogens is 1. The summed E-state index contributed by atoms with van der Waals surface area (Å²) in [6.07, 6.45) is 0. The number of ether oxygens (including phenoxy) is 1. The molecule has 2 heterocycles. The molecular formula is C14H12ClNO3. The van der Waals surface area contributed by atoms with Crippen molar-refractivity contribution in [3.8, 4) is 17.1 Å². The Hall–Kier alpha value is -1.94. The molecule has 98 valence electrons. The van der Waals surface area contributed by atoms with Gasteiger partial charge >= 0.3 is 5.63 Å². The summed E-state index contributed by atoms with van der Waals surface area (Å²) in [5, 5.41) is 0.0896. The van der Waals surface area contributed by atoms with Crippen LogP contribution in [0.15, 0.2) is 33.5 Å². The second kappa shape index (κ2) is 4.31. The quantitative estimate of drug-likeness (QED) is 0.804. The van der Waals surface area contributed by atoms with Crippen molar-refractivity contribution < 1.29 is 9.15 Å². The molecule has 0 amide bonds. The molecule has 4 nitrogen and oxygen atoms in total. The molecule has 0 spiro atoms. The van der Waals surface area contributed by atoms with E-state index in [0.29, 0.717) is 23.8 Å². The minimum absolute atomic E-state index is 0.0896. The summed E-state index contributed by atoms with van der Waals surface area (Å²) in [6.45, 7) is 0.337. The predicted octanol–water partition coefficient (Wildman–Crippen LogP) is 2.92. The first-order valence-corrected chi connectivity index (χ1v) is 6.22. The van der Waals surface area contributed by atoms with Crippen LogP contribution in [0, 0.1) is 0 Å². The molecule has 0 saturated carbocycles. The largest absolute Gasteiger partial charge is 0.488 e. The third-order valence-corrected chi connectivity index (χ3v) is 3.43. The van der Waals surface area contributed by atoms with Crippen LogP contribution in [-0.2, 0) is 6.61 Å². The molecule has 0 unspecified atom stereocenters. The second-order valence-corrected chi connectivity index (χ2v) is 4.92. The van der Waals surface area contributed by atoms with Crippen LogP contribution in [0.5, 0.6) is 5.75 Å². The summed E-state index contributed by atoms with van der Waals surface area (Å²) in [6, 6.07) is 7.47. The highest BCUT2D eigenvalue weighted by atomic mass is 35.5. The Bertz CT molecular complexity index is 706. The van der Waals surface area contributed by atoms with E-state index in [9.17, 15) is 4.79 Å². The van der Waals surface area contributed by atoms with E-state index in [1.165, 1.54) is 0 Å². The summed E-state index contributed by atoms with van der Waals surface area (Å²) in [5.41, 5.74) is 1.71. The van der Waals surface area contributed by atoms with E-state index >= 15 is 0 Å². The lowest BCUT2D eigenvalue weighted by atomic mass is 10.0. The number of anilines is 1. The van der Waals surface area contributed by atoms with Crippen molar-refractivity contribution in [3.63, 3.8) is 0 Å². The zero-order valence-corrected chi connectivity index (χ0v) is 11.3. The molecule has 3 rings (SSSR count). The molecule has 5 heteroatoms. The number of para-hydroxylation sites is 1. The number of hydrogen-bond donors (Lipinski definition) is 0. The Labute approximate surface area is 115 Å². The van der Waals surface area contributed by atoms with Crippen LogP contribution in [0.1, 0.15) is 5.56 Å². The van der Waals surface area contributed by atoms with Gasteiger partial charge in [-0.1, -0.05) is 23.7 Å². The minimum Gasteiger partial charge on any atom is -0.488 e. The Balaban J connectivity index is 2.36. The minimum atomic E-state index is -0.527. The van der Waals surface area contributed by atoms with Gasteiger partial charge in [0.1, 0.15) is 17.4 Å². The molecule has 2 aromatic rings. The van der Waals surface area contributed by atoms with E-state index in [0.717, 1.165) is 11.1 Å². The normalized spacial score (nSPS) is 12.4. The van der Waals surface area contributed by atoms with Crippen LogP contribution in [0.2, 0.25) is 5.02 Å². The van der Waals surface area contributed by atoms with Gasteiger partial charge in [-0.2, -0.15) is 0 Å². The second-order valence-electron chi connectivity index (χ2n) is 4.54. The molecule has 1 aromatic heterocycles. The smallest absolute Gasteiger partial charge is 0.357 e. The molecule has 0 fully saturated rings. The van der Waals surface area contributed by atoms with Gasteiger partial charge in [-0.05, 0) is 12.1 Å². The lowest BCUT2D eigenvalue weighted by molar-refractivity contribution is 0.294. The van der Waals surface area contributed by atoms with Crippen LogP contribution in [0.25, 0.3) is 11.3 Å². The summed E-state index contributed by atoms with van der Waals surface area (Å²) < 4.78 is 11.0. The molecule has 0 radical (unpaired) electrons. The summed E-state index contributed by atoms with van der Waals surface area (Å²) in [7, 11) is 3.67. The first-order chi connectivity index (χ1) is 9.09. The van der Waals surface area contributed by atoms with Crippen molar-refractivity contribution in [3.05, 3.63) is 45.3 Å². The molecule has 0 N–H and O–H groups in total.